The van der Waals surface area contributed by atoms with Crippen LogP contribution in [0.5, 0.6) is 0 Å². The van der Waals surface area contributed by atoms with Gasteiger partial charge in [0.15, 0.2) is 0 Å². The monoisotopic (exact) mass is 325 g/mol. The van der Waals surface area contributed by atoms with Crippen molar-refractivity contribution in [3.63, 3.8) is 0 Å². The lowest BCUT2D eigenvalue weighted by molar-refractivity contribution is 0.0951. The van der Waals surface area contributed by atoms with E-state index in [0.717, 1.165) is 45.1 Å². The van der Waals surface area contributed by atoms with Crippen molar-refractivity contribution in [2.24, 2.45) is 0 Å². The molecule has 1 N–H and O–H groups in total. The van der Waals surface area contributed by atoms with Gasteiger partial charge in [0.05, 0.1) is 0 Å². The van der Waals surface area contributed by atoms with Crippen LogP contribution in [0, 0.1) is 0 Å². The smallest absolute Gasteiger partial charge is 0.251 e. The van der Waals surface area contributed by atoms with Crippen LogP contribution < -0.4 is 10.2 Å². The predicted molar refractivity (Wildman–Crippen MR) is 94.1 cm³/mol. The molecular formula is C18H23N5O. The van der Waals surface area contributed by atoms with E-state index in [2.05, 4.69) is 25.1 Å². The van der Waals surface area contributed by atoms with Gasteiger partial charge in [-0.1, -0.05) is 18.2 Å². The summed E-state index contributed by atoms with van der Waals surface area (Å²) in [5, 5.41) is 2.98. The zero-order chi connectivity index (χ0) is 16.6. The van der Waals surface area contributed by atoms with Crippen LogP contribution in [-0.2, 0) is 0 Å². The zero-order valence-electron chi connectivity index (χ0n) is 13.8. The molecule has 0 unspecified atom stereocenters. The Balaban J connectivity index is 1.33. The normalized spacial score (nSPS) is 15.2. The lowest BCUT2D eigenvalue weighted by Gasteiger charge is -2.34. The van der Waals surface area contributed by atoms with Crippen LogP contribution in [0.15, 0.2) is 48.8 Å². The fourth-order valence-corrected chi connectivity index (χ4v) is 2.82. The second-order valence-corrected chi connectivity index (χ2v) is 5.85. The van der Waals surface area contributed by atoms with E-state index >= 15 is 0 Å². The fraction of sp³-hybridized carbons (Fsp3) is 0.389. The van der Waals surface area contributed by atoms with E-state index in [0.29, 0.717) is 12.1 Å². The summed E-state index contributed by atoms with van der Waals surface area (Å²) in [7, 11) is 0. The third-order valence-corrected chi connectivity index (χ3v) is 4.18. The number of carbonyl (C=O) groups is 1. The molecule has 6 heteroatoms. The molecule has 3 rings (SSSR count). The van der Waals surface area contributed by atoms with Gasteiger partial charge in [-0.25, -0.2) is 9.97 Å². The van der Waals surface area contributed by atoms with Gasteiger partial charge in [-0.2, -0.15) is 0 Å². The van der Waals surface area contributed by atoms with Crippen LogP contribution in [0.4, 0.5) is 5.95 Å². The molecule has 2 aromatic rings. The first-order valence-corrected chi connectivity index (χ1v) is 8.40. The van der Waals surface area contributed by atoms with Crippen molar-refractivity contribution in [3.05, 3.63) is 54.4 Å². The van der Waals surface area contributed by atoms with Crippen LogP contribution in [-0.4, -0.2) is 60.0 Å². The van der Waals surface area contributed by atoms with Crippen molar-refractivity contribution in [1.82, 2.24) is 20.2 Å². The Morgan fingerprint density at radius 1 is 1.00 bits per heavy atom. The highest BCUT2D eigenvalue weighted by Crippen LogP contribution is 2.09. The molecule has 0 atom stereocenters. The topological polar surface area (TPSA) is 61.4 Å². The maximum Gasteiger partial charge on any atom is 0.251 e. The summed E-state index contributed by atoms with van der Waals surface area (Å²) in [5.41, 5.74) is 0.717. The lowest BCUT2D eigenvalue weighted by atomic mass is 10.2. The Morgan fingerprint density at radius 3 is 2.42 bits per heavy atom. The van der Waals surface area contributed by atoms with E-state index in [1.165, 1.54) is 0 Å². The molecule has 0 aliphatic carbocycles. The number of rotatable bonds is 6. The number of amides is 1. The van der Waals surface area contributed by atoms with E-state index in [-0.39, 0.29) is 5.91 Å². The van der Waals surface area contributed by atoms with E-state index < -0.39 is 0 Å². The molecule has 1 aliphatic rings. The van der Waals surface area contributed by atoms with Crippen LogP contribution in [0.2, 0.25) is 0 Å². The molecule has 1 saturated heterocycles. The number of nitrogens with one attached hydrogen (secondary N) is 1. The largest absolute Gasteiger partial charge is 0.352 e. The molecule has 126 valence electrons. The summed E-state index contributed by atoms with van der Waals surface area (Å²) in [6.07, 6.45) is 4.52. The average molecular weight is 325 g/mol. The average Bonchev–Trinajstić information content (AvgIpc) is 2.67. The number of carbonyl (C=O) groups excluding carboxylic acids is 1. The molecule has 6 nitrogen and oxygen atoms in total. The lowest BCUT2D eigenvalue weighted by Crippen LogP contribution is -2.47. The van der Waals surface area contributed by atoms with Crippen LogP contribution in [0.3, 0.4) is 0 Å². The molecule has 0 bridgehead atoms. The van der Waals surface area contributed by atoms with Crippen molar-refractivity contribution in [2.45, 2.75) is 6.42 Å². The third-order valence-electron chi connectivity index (χ3n) is 4.18. The second-order valence-electron chi connectivity index (χ2n) is 5.85. The summed E-state index contributed by atoms with van der Waals surface area (Å²) in [5.74, 6) is 0.814. The summed E-state index contributed by atoms with van der Waals surface area (Å²) in [6, 6.07) is 11.2. The Morgan fingerprint density at radius 2 is 1.71 bits per heavy atom. The second kappa shape index (κ2) is 8.40. The maximum absolute atomic E-state index is 12.0. The van der Waals surface area contributed by atoms with Gasteiger partial charge in [0.1, 0.15) is 0 Å². The fourth-order valence-electron chi connectivity index (χ4n) is 2.82. The number of aromatic nitrogens is 2. The Hall–Kier alpha value is -2.47. The first kappa shape index (κ1) is 16.4. The van der Waals surface area contributed by atoms with Gasteiger partial charge in [-0.05, 0) is 31.2 Å². The molecule has 1 fully saturated rings. The number of benzene rings is 1. The van der Waals surface area contributed by atoms with Crippen molar-refractivity contribution in [3.8, 4) is 0 Å². The Bertz CT molecular complexity index is 626. The highest BCUT2D eigenvalue weighted by atomic mass is 16.1. The third kappa shape index (κ3) is 4.52. The van der Waals surface area contributed by atoms with Gasteiger partial charge in [-0.3, -0.25) is 9.69 Å². The first-order chi connectivity index (χ1) is 11.8. The molecule has 1 aliphatic heterocycles. The highest BCUT2D eigenvalue weighted by Gasteiger charge is 2.18. The molecule has 1 aromatic carbocycles. The van der Waals surface area contributed by atoms with E-state index in [9.17, 15) is 4.79 Å². The molecule has 1 amide bonds. The molecule has 0 saturated carbocycles. The molecule has 24 heavy (non-hydrogen) atoms. The van der Waals surface area contributed by atoms with Crippen LogP contribution in [0.1, 0.15) is 16.8 Å². The highest BCUT2D eigenvalue weighted by molar-refractivity contribution is 5.94. The van der Waals surface area contributed by atoms with Gasteiger partial charge in [0.2, 0.25) is 5.95 Å². The first-order valence-electron chi connectivity index (χ1n) is 8.40. The minimum Gasteiger partial charge on any atom is -0.352 e. The molecule has 0 spiro atoms. The maximum atomic E-state index is 12.0. The Labute approximate surface area is 142 Å². The molecular weight excluding hydrogens is 302 g/mol. The van der Waals surface area contributed by atoms with Crippen molar-refractivity contribution >= 4 is 11.9 Å². The van der Waals surface area contributed by atoms with Crippen molar-refractivity contribution < 1.29 is 4.79 Å². The van der Waals surface area contributed by atoms with E-state index in [4.69, 9.17) is 0 Å². The molecule has 0 radical (unpaired) electrons. The summed E-state index contributed by atoms with van der Waals surface area (Å²) >= 11 is 0. The molecule has 2 heterocycles. The van der Waals surface area contributed by atoms with E-state index in [1.807, 2.05) is 36.4 Å². The van der Waals surface area contributed by atoms with Gasteiger partial charge >= 0.3 is 0 Å². The zero-order valence-corrected chi connectivity index (χ0v) is 13.8. The predicted octanol–water partition coefficient (Wildman–Crippen LogP) is 1.42. The summed E-state index contributed by atoms with van der Waals surface area (Å²) in [4.78, 5) is 25.2. The van der Waals surface area contributed by atoms with Crippen LogP contribution >= 0.6 is 0 Å². The van der Waals surface area contributed by atoms with E-state index in [1.54, 1.807) is 12.4 Å². The van der Waals surface area contributed by atoms with Crippen molar-refractivity contribution in [2.75, 3.05) is 44.2 Å². The van der Waals surface area contributed by atoms with Gasteiger partial charge < -0.3 is 10.2 Å². The van der Waals surface area contributed by atoms with Gasteiger partial charge in [-0.15, -0.1) is 0 Å². The standard InChI is InChI=1S/C18H23N5O/c24-17(16-6-2-1-3-7-16)19-10-5-11-22-12-14-23(15-13-22)18-20-8-4-9-21-18/h1-4,6-9H,5,10-15H2,(H,19,24). The summed E-state index contributed by atoms with van der Waals surface area (Å²) in [6.45, 7) is 5.60. The number of piperazine rings is 1. The number of hydrogen-bond donors (Lipinski definition) is 1. The number of anilines is 1. The molecule has 1 aromatic heterocycles. The van der Waals surface area contributed by atoms with Gasteiger partial charge in [0.25, 0.3) is 5.91 Å². The van der Waals surface area contributed by atoms with Gasteiger partial charge in [0, 0.05) is 50.7 Å². The minimum atomic E-state index is 0.00152. The Kier molecular flexibility index (Phi) is 5.74. The number of hydrogen-bond acceptors (Lipinski definition) is 5. The quantitative estimate of drug-likeness (QED) is 0.814. The van der Waals surface area contributed by atoms with Crippen molar-refractivity contribution in [1.29, 1.82) is 0 Å². The SMILES string of the molecule is O=C(NCCCN1CCN(c2ncccn2)CC1)c1ccccc1. The summed E-state index contributed by atoms with van der Waals surface area (Å²) < 4.78 is 0. The number of nitrogens with zero attached hydrogens (tertiary/aromatic N) is 4. The van der Waals surface area contributed by atoms with Crippen LogP contribution in [0.25, 0.3) is 0 Å². The minimum absolute atomic E-state index is 0.00152.